The molecular formula is C8H16N2. The van der Waals surface area contributed by atoms with Crippen LogP contribution in [0.25, 0.3) is 0 Å². The van der Waals surface area contributed by atoms with Crippen molar-refractivity contribution < 1.29 is 0 Å². The van der Waals surface area contributed by atoms with Crippen LogP contribution in [0.15, 0.2) is 22.9 Å². The number of rotatable bonds is 5. The molecule has 0 fully saturated rings. The van der Waals surface area contributed by atoms with Crippen LogP contribution in [0.3, 0.4) is 0 Å². The van der Waals surface area contributed by atoms with Gasteiger partial charge < -0.3 is 0 Å². The molecule has 0 rings (SSSR count). The predicted molar refractivity (Wildman–Crippen MR) is 44.3 cm³/mol. The summed E-state index contributed by atoms with van der Waals surface area (Å²) in [7, 11) is 0. The second-order valence-electron chi connectivity index (χ2n) is 2.51. The number of azo groups is 1. The lowest BCUT2D eigenvalue weighted by molar-refractivity contribution is 0.713. The summed E-state index contributed by atoms with van der Waals surface area (Å²) in [5.41, 5.74) is 0. The van der Waals surface area contributed by atoms with E-state index in [1.165, 1.54) is 0 Å². The Morgan fingerprint density at radius 3 is 2.70 bits per heavy atom. The molecule has 0 heterocycles. The van der Waals surface area contributed by atoms with Gasteiger partial charge >= 0.3 is 0 Å². The fourth-order valence-electron chi connectivity index (χ4n) is 0.527. The third kappa shape index (κ3) is 7.34. The highest BCUT2D eigenvalue weighted by Crippen LogP contribution is 1.92. The minimum atomic E-state index is 0.337. The molecular weight excluding hydrogens is 124 g/mol. The molecule has 0 aromatic heterocycles. The molecule has 0 saturated heterocycles. The van der Waals surface area contributed by atoms with Crippen molar-refractivity contribution in [3.63, 3.8) is 0 Å². The van der Waals surface area contributed by atoms with Gasteiger partial charge in [-0.15, -0.1) is 6.58 Å². The molecule has 10 heavy (non-hydrogen) atoms. The first-order valence-electron chi connectivity index (χ1n) is 3.75. The summed E-state index contributed by atoms with van der Waals surface area (Å²) in [6.07, 6.45) is 4.02. The maximum Gasteiger partial charge on any atom is 0.0652 e. The van der Waals surface area contributed by atoms with Crippen LogP contribution >= 0.6 is 0 Å². The van der Waals surface area contributed by atoms with Gasteiger partial charge in [0.05, 0.1) is 12.6 Å². The van der Waals surface area contributed by atoms with Crippen molar-refractivity contribution in [1.29, 1.82) is 0 Å². The summed E-state index contributed by atoms with van der Waals surface area (Å²) in [6, 6.07) is 0.337. The summed E-state index contributed by atoms with van der Waals surface area (Å²) >= 11 is 0. The third-order valence-electron chi connectivity index (χ3n) is 0.979. The van der Waals surface area contributed by atoms with Gasteiger partial charge in [-0.25, -0.2) is 0 Å². The van der Waals surface area contributed by atoms with Crippen molar-refractivity contribution in [3.8, 4) is 0 Å². The average molecular weight is 140 g/mol. The summed E-state index contributed by atoms with van der Waals surface area (Å²) in [6.45, 7) is 8.51. The van der Waals surface area contributed by atoms with Crippen LogP contribution in [0, 0.1) is 0 Å². The van der Waals surface area contributed by atoms with Crippen LogP contribution in [0.1, 0.15) is 26.7 Å². The molecule has 0 bridgehead atoms. The van der Waals surface area contributed by atoms with Gasteiger partial charge in [0.25, 0.3) is 0 Å². The van der Waals surface area contributed by atoms with Crippen molar-refractivity contribution in [3.05, 3.63) is 12.7 Å². The van der Waals surface area contributed by atoms with Crippen LogP contribution in [-0.2, 0) is 0 Å². The molecule has 58 valence electrons. The summed E-state index contributed by atoms with van der Waals surface area (Å²) in [4.78, 5) is 0. The van der Waals surface area contributed by atoms with Gasteiger partial charge in [0.1, 0.15) is 0 Å². The molecule has 0 aliphatic rings. The van der Waals surface area contributed by atoms with E-state index in [1.54, 1.807) is 0 Å². The minimum absolute atomic E-state index is 0.337. The van der Waals surface area contributed by atoms with E-state index >= 15 is 0 Å². The van der Waals surface area contributed by atoms with E-state index in [0.717, 1.165) is 19.4 Å². The Morgan fingerprint density at radius 1 is 1.50 bits per heavy atom. The molecule has 0 atom stereocenters. The maximum absolute atomic E-state index is 3.99. The SMILES string of the molecule is C=CCCCN=NC(C)C. The number of allylic oxidation sites excluding steroid dienone is 1. The van der Waals surface area contributed by atoms with E-state index in [9.17, 15) is 0 Å². The smallest absolute Gasteiger partial charge is 0.0652 e. The van der Waals surface area contributed by atoms with E-state index in [2.05, 4.69) is 16.8 Å². The number of hydrogen-bond acceptors (Lipinski definition) is 2. The van der Waals surface area contributed by atoms with E-state index in [0.29, 0.717) is 6.04 Å². The molecule has 0 saturated carbocycles. The standard InChI is InChI=1S/C8H16N2/c1-4-5-6-7-9-10-8(2)3/h4,8H,1,5-7H2,2-3H3. The molecule has 2 heteroatoms. The lowest BCUT2D eigenvalue weighted by Crippen LogP contribution is -1.86. The molecule has 0 unspecified atom stereocenters. The first-order valence-corrected chi connectivity index (χ1v) is 3.75. The number of unbranched alkanes of at least 4 members (excludes halogenated alkanes) is 1. The second kappa shape index (κ2) is 6.46. The van der Waals surface area contributed by atoms with Gasteiger partial charge in [0.15, 0.2) is 0 Å². The Hall–Kier alpha value is -0.660. The number of nitrogens with zero attached hydrogens (tertiary/aromatic N) is 2. The van der Waals surface area contributed by atoms with E-state index < -0.39 is 0 Å². The quantitative estimate of drug-likeness (QED) is 0.319. The molecule has 0 aliphatic carbocycles. The van der Waals surface area contributed by atoms with Crippen LogP contribution in [-0.4, -0.2) is 12.6 Å². The maximum atomic E-state index is 3.99. The zero-order valence-corrected chi connectivity index (χ0v) is 6.88. The first kappa shape index (κ1) is 9.34. The van der Waals surface area contributed by atoms with Crippen molar-refractivity contribution in [2.75, 3.05) is 6.54 Å². The predicted octanol–water partition coefficient (Wildman–Crippen LogP) is 2.81. The highest BCUT2D eigenvalue weighted by molar-refractivity contribution is 4.65. The second-order valence-corrected chi connectivity index (χ2v) is 2.51. The molecule has 0 spiro atoms. The van der Waals surface area contributed by atoms with Crippen molar-refractivity contribution in [2.45, 2.75) is 32.7 Å². The monoisotopic (exact) mass is 140 g/mol. The zero-order chi connectivity index (χ0) is 7.82. The van der Waals surface area contributed by atoms with Crippen LogP contribution in [0.4, 0.5) is 0 Å². The molecule has 0 radical (unpaired) electrons. The normalized spacial score (nSPS) is 11.1. The van der Waals surface area contributed by atoms with Gasteiger partial charge in [-0.05, 0) is 26.7 Å². The van der Waals surface area contributed by atoms with Crippen molar-refractivity contribution in [2.24, 2.45) is 10.2 Å². The van der Waals surface area contributed by atoms with E-state index in [4.69, 9.17) is 0 Å². The zero-order valence-electron chi connectivity index (χ0n) is 6.88. The first-order chi connectivity index (χ1) is 4.77. The van der Waals surface area contributed by atoms with E-state index in [1.807, 2.05) is 19.9 Å². The fourth-order valence-corrected chi connectivity index (χ4v) is 0.527. The topological polar surface area (TPSA) is 24.7 Å². The summed E-state index contributed by atoms with van der Waals surface area (Å²) < 4.78 is 0. The van der Waals surface area contributed by atoms with Crippen LogP contribution in [0.2, 0.25) is 0 Å². The third-order valence-corrected chi connectivity index (χ3v) is 0.979. The minimum Gasteiger partial charge on any atom is -0.194 e. The van der Waals surface area contributed by atoms with Crippen molar-refractivity contribution >= 4 is 0 Å². The Kier molecular flexibility index (Phi) is 6.03. The molecule has 0 amide bonds. The highest BCUT2D eigenvalue weighted by Gasteiger charge is 1.84. The highest BCUT2D eigenvalue weighted by atomic mass is 15.1. The average Bonchev–Trinajstić information content (AvgIpc) is 1.87. The Morgan fingerprint density at radius 2 is 2.20 bits per heavy atom. The van der Waals surface area contributed by atoms with Gasteiger partial charge in [-0.1, -0.05) is 6.08 Å². The summed E-state index contributed by atoms with van der Waals surface area (Å²) in [5, 5.41) is 7.97. The van der Waals surface area contributed by atoms with Crippen LogP contribution in [0.5, 0.6) is 0 Å². The van der Waals surface area contributed by atoms with Gasteiger partial charge in [0, 0.05) is 0 Å². The van der Waals surface area contributed by atoms with Gasteiger partial charge in [-0.3, -0.25) is 0 Å². The Labute approximate surface area is 63.1 Å². The molecule has 0 aliphatic heterocycles. The van der Waals surface area contributed by atoms with Crippen LogP contribution < -0.4 is 0 Å². The van der Waals surface area contributed by atoms with Gasteiger partial charge in [-0.2, -0.15) is 10.2 Å². The lowest BCUT2D eigenvalue weighted by Gasteiger charge is -1.92. The summed E-state index contributed by atoms with van der Waals surface area (Å²) in [5.74, 6) is 0. The number of hydrogen-bond donors (Lipinski definition) is 0. The van der Waals surface area contributed by atoms with Crippen molar-refractivity contribution in [1.82, 2.24) is 0 Å². The fraction of sp³-hybridized carbons (Fsp3) is 0.750. The Balaban J connectivity index is 3.10. The molecule has 2 nitrogen and oxygen atoms in total. The molecule has 0 aromatic carbocycles. The van der Waals surface area contributed by atoms with E-state index in [-0.39, 0.29) is 0 Å². The Bertz CT molecular complexity index is 106. The molecule has 0 aromatic rings. The largest absolute Gasteiger partial charge is 0.194 e. The lowest BCUT2D eigenvalue weighted by atomic mass is 10.3. The molecule has 0 N–H and O–H groups in total. The van der Waals surface area contributed by atoms with Gasteiger partial charge in [0.2, 0.25) is 0 Å².